The standard InChI is InChI=1S/C20H22N4O5S3/c1-12-14(17(23-4-6-29-7-5-23)22(2)18(25)15(12)10-21)9-16-19(26)24(20(30)31-16)13-3-8-32(27,28)11-13/h9,13H,3-8,11H2,1-2H3/b16-9+. The predicted octanol–water partition coefficient (Wildman–Crippen LogP) is 0.790. The summed E-state index contributed by atoms with van der Waals surface area (Å²) in [5.74, 6) is 0.217. The molecular weight excluding hydrogens is 472 g/mol. The number of thiocarbonyl (C=S) groups is 1. The average Bonchev–Trinajstić information content (AvgIpc) is 3.24. The number of nitriles is 1. The summed E-state index contributed by atoms with van der Waals surface area (Å²) in [5, 5.41) is 9.56. The van der Waals surface area contributed by atoms with Crippen LogP contribution in [0.15, 0.2) is 9.70 Å². The maximum Gasteiger partial charge on any atom is 0.270 e. The molecule has 0 aliphatic carbocycles. The Kier molecular flexibility index (Phi) is 6.19. The van der Waals surface area contributed by atoms with Gasteiger partial charge in [0.1, 0.15) is 21.8 Å². The van der Waals surface area contributed by atoms with Crippen LogP contribution in [-0.2, 0) is 26.4 Å². The van der Waals surface area contributed by atoms with E-state index >= 15 is 0 Å². The van der Waals surface area contributed by atoms with E-state index in [0.717, 1.165) is 11.8 Å². The van der Waals surface area contributed by atoms with Crippen LogP contribution in [0.1, 0.15) is 23.1 Å². The van der Waals surface area contributed by atoms with Crippen molar-refractivity contribution in [2.24, 2.45) is 7.05 Å². The summed E-state index contributed by atoms with van der Waals surface area (Å²) in [7, 11) is -1.57. The van der Waals surface area contributed by atoms with Gasteiger partial charge in [0.05, 0.1) is 35.7 Å². The number of anilines is 1. The minimum Gasteiger partial charge on any atom is -0.378 e. The third-order valence-corrected chi connectivity index (χ3v) is 9.03. The topological polar surface area (TPSA) is 113 Å². The minimum absolute atomic E-state index is 0.0214. The van der Waals surface area contributed by atoms with Gasteiger partial charge >= 0.3 is 0 Å². The van der Waals surface area contributed by atoms with Crippen molar-refractivity contribution < 1.29 is 17.9 Å². The van der Waals surface area contributed by atoms with Gasteiger partial charge < -0.3 is 9.64 Å². The minimum atomic E-state index is -3.18. The van der Waals surface area contributed by atoms with Gasteiger partial charge in [0, 0.05) is 25.7 Å². The Morgan fingerprint density at radius 2 is 1.97 bits per heavy atom. The van der Waals surface area contributed by atoms with Crippen molar-refractivity contribution in [3.05, 3.63) is 31.9 Å². The lowest BCUT2D eigenvalue weighted by atomic mass is 10.0. The van der Waals surface area contributed by atoms with Crippen LogP contribution in [0.3, 0.4) is 0 Å². The molecule has 0 bridgehead atoms. The Balaban J connectivity index is 1.80. The molecule has 32 heavy (non-hydrogen) atoms. The zero-order valence-electron chi connectivity index (χ0n) is 17.7. The number of carbonyl (C=O) groups is 1. The fraction of sp³-hybridized carbons (Fsp3) is 0.500. The first-order valence-electron chi connectivity index (χ1n) is 10.1. The summed E-state index contributed by atoms with van der Waals surface area (Å²) < 4.78 is 31.0. The third-order valence-electron chi connectivity index (χ3n) is 5.95. The quantitative estimate of drug-likeness (QED) is 0.445. The number of ether oxygens (including phenoxy) is 1. The summed E-state index contributed by atoms with van der Waals surface area (Å²) >= 11 is 6.52. The lowest BCUT2D eigenvalue weighted by molar-refractivity contribution is -0.123. The van der Waals surface area contributed by atoms with Crippen molar-refractivity contribution in [2.45, 2.75) is 19.4 Å². The molecule has 4 heterocycles. The molecule has 1 aromatic rings. The van der Waals surface area contributed by atoms with E-state index in [4.69, 9.17) is 17.0 Å². The van der Waals surface area contributed by atoms with Crippen molar-refractivity contribution in [2.75, 3.05) is 42.7 Å². The largest absolute Gasteiger partial charge is 0.378 e. The SMILES string of the molecule is Cc1c(/C=C2/SC(=S)N(C3CCS(=O)(=O)C3)C2=O)c(N2CCOCC2)n(C)c(=O)c1C#N. The molecule has 3 aliphatic heterocycles. The molecule has 4 rings (SSSR count). The second kappa shape index (κ2) is 8.62. The van der Waals surface area contributed by atoms with Crippen LogP contribution in [0.2, 0.25) is 0 Å². The van der Waals surface area contributed by atoms with E-state index < -0.39 is 21.4 Å². The van der Waals surface area contributed by atoms with Gasteiger partial charge in [0.25, 0.3) is 11.5 Å². The van der Waals surface area contributed by atoms with Gasteiger partial charge in [-0.15, -0.1) is 0 Å². The van der Waals surface area contributed by atoms with Crippen LogP contribution in [0.4, 0.5) is 5.82 Å². The zero-order valence-corrected chi connectivity index (χ0v) is 20.1. The second-order valence-electron chi connectivity index (χ2n) is 7.92. The van der Waals surface area contributed by atoms with Gasteiger partial charge in [-0.25, -0.2) is 8.42 Å². The number of nitrogens with zero attached hydrogens (tertiary/aromatic N) is 4. The van der Waals surface area contributed by atoms with E-state index in [1.807, 2.05) is 11.0 Å². The lowest BCUT2D eigenvalue weighted by Gasteiger charge is -2.32. The highest BCUT2D eigenvalue weighted by Crippen LogP contribution is 2.38. The zero-order chi connectivity index (χ0) is 23.2. The summed E-state index contributed by atoms with van der Waals surface area (Å²) in [5.41, 5.74) is 0.719. The van der Waals surface area contributed by atoms with Crippen molar-refractivity contribution in [3.63, 3.8) is 0 Å². The van der Waals surface area contributed by atoms with E-state index in [1.165, 1.54) is 9.47 Å². The number of carbonyl (C=O) groups excluding carboxylic acids is 1. The molecule has 0 spiro atoms. The van der Waals surface area contributed by atoms with Gasteiger partial charge in [-0.3, -0.25) is 19.1 Å². The molecule has 0 N–H and O–H groups in total. The van der Waals surface area contributed by atoms with E-state index in [1.54, 1.807) is 20.0 Å². The summed E-state index contributed by atoms with van der Waals surface area (Å²) in [6.07, 6.45) is 2.03. The van der Waals surface area contributed by atoms with Gasteiger partial charge in [0.2, 0.25) is 0 Å². The van der Waals surface area contributed by atoms with Crippen LogP contribution in [0.25, 0.3) is 6.08 Å². The van der Waals surface area contributed by atoms with Crippen LogP contribution >= 0.6 is 24.0 Å². The Hall–Kier alpha value is -2.20. The first kappa shape index (κ1) is 23.0. The molecule has 170 valence electrons. The Morgan fingerprint density at radius 3 is 2.56 bits per heavy atom. The molecule has 1 aromatic heterocycles. The molecule has 1 amide bonds. The van der Waals surface area contributed by atoms with Crippen molar-refractivity contribution in [1.82, 2.24) is 9.47 Å². The van der Waals surface area contributed by atoms with Gasteiger partial charge in [-0.05, 0) is 25.0 Å². The number of sulfone groups is 1. The first-order chi connectivity index (χ1) is 15.1. The van der Waals surface area contributed by atoms with Gasteiger partial charge in [0.15, 0.2) is 9.84 Å². The number of hydrogen-bond acceptors (Lipinski definition) is 9. The smallest absolute Gasteiger partial charge is 0.270 e. The molecule has 3 fully saturated rings. The molecule has 9 nitrogen and oxygen atoms in total. The maximum atomic E-state index is 13.2. The molecule has 0 aromatic carbocycles. The highest BCUT2D eigenvalue weighted by atomic mass is 32.2. The van der Waals surface area contributed by atoms with E-state index in [-0.39, 0.29) is 23.0 Å². The van der Waals surface area contributed by atoms with E-state index in [9.17, 15) is 23.3 Å². The summed E-state index contributed by atoms with van der Waals surface area (Å²) in [6, 6.07) is 1.52. The molecule has 3 saturated heterocycles. The number of morpholine rings is 1. The molecule has 0 radical (unpaired) electrons. The number of amides is 1. The third kappa shape index (κ3) is 3.98. The molecule has 1 unspecified atom stereocenters. The first-order valence-corrected chi connectivity index (χ1v) is 13.1. The highest BCUT2D eigenvalue weighted by molar-refractivity contribution is 8.26. The Bertz CT molecular complexity index is 1240. The number of aromatic nitrogens is 1. The number of thioether (sulfide) groups is 1. The van der Waals surface area contributed by atoms with Crippen molar-refractivity contribution in [3.8, 4) is 6.07 Å². The number of pyridine rings is 1. The van der Waals surface area contributed by atoms with Crippen LogP contribution in [-0.4, -0.2) is 72.0 Å². The molecular formula is C20H22N4O5S3. The van der Waals surface area contributed by atoms with Gasteiger partial charge in [-0.1, -0.05) is 24.0 Å². The van der Waals surface area contributed by atoms with Gasteiger partial charge in [-0.2, -0.15) is 5.26 Å². The van der Waals surface area contributed by atoms with E-state index in [2.05, 4.69) is 0 Å². The number of hydrogen-bond donors (Lipinski definition) is 0. The summed E-state index contributed by atoms with van der Waals surface area (Å²) in [4.78, 5) is 29.7. The maximum absolute atomic E-state index is 13.2. The predicted molar refractivity (Wildman–Crippen MR) is 126 cm³/mol. The second-order valence-corrected chi connectivity index (χ2v) is 11.8. The summed E-state index contributed by atoms with van der Waals surface area (Å²) in [6.45, 7) is 3.84. The van der Waals surface area contributed by atoms with Crippen LogP contribution < -0.4 is 10.5 Å². The van der Waals surface area contributed by atoms with Crippen LogP contribution in [0, 0.1) is 18.3 Å². The Labute approximate surface area is 195 Å². The van der Waals surface area contributed by atoms with E-state index in [0.29, 0.717) is 58.9 Å². The molecule has 12 heteroatoms. The number of rotatable bonds is 3. The fourth-order valence-corrected chi connectivity index (χ4v) is 7.36. The van der Waals surface area contributed by atoms with Crippen molar-refractivity contribution in [1.29, 1.82) is 5.26 Å². The van der Waals surface area contributed by atoms with Crippen molar-refractivity contribution >= 4 is 55.9 Å². The average molecular weight is 495 g/mol. The highest BCUT2D eigenvalue weighted by Gasteiger charge is 2.42. The molecule has 0 saturated carbocycles. The lowest BCUT2D eigenvalue weighted by Crippen LogP contribution is -2.40. The Morgan fingerprint density at radius 1 is 1.28 bits per heavy atom. The monoisotopic (exact) mass is 494 g/mol. The van der Waals surface area contributed by atoms with Crippen LogP contribution in [0.5, 0.6) is 0 Å². The molecule has 1 atom stereocenters. The normalized spacial score (nSPS) is 24.4. The fourth-order valence-electron chi connectivity index (χ4n) is 4.27. The molecule has 3 aliphatic rings.